The minimum Gasteiger partial charge on any atom is -0.289 e. The smallest absolute Gasteiger partial charge is 0.254 e. The van der Waals surface area contributed by atoms with Gasteiger partial charge in [-0.05, 0) is 48.2 Å². The first-order valence-electron chi connectivity index (χ1n) is 8.38. The van der Waals surface area contributed by atoms with E-state index in [1.54, 1.807) is 35.4 Å². The fourth-order valence-corrected chi connectivity index (χ4v) is 3.92. The molecule has 0 radical (unpaired) electrons. The number of nitrogens with one attached hydrogen (secondary N) is 1. The van der Waals surface area contributed by atoms with Crippen LogP contribution < -0.4 is 5.48 Å². The first-order valence-corrected chi connectivity index (χ1v) is 8.38. The summed E-state index contributed by atoms with van der Waals surface area (Å²) in [5.74, 6) is -0.907. The van der Waals surface area contributed by atoms with Crippen molar-refractivity contribution in [3.05, 3.63) is 82.9 Å². The Labute approximate surface area is 150 Å². The van der Waals surface area contributed by atoms with Crippen LogP contribution in [-0.4, -0.2) is 20.9 Å². The van der Waals surface area contributed by atoms with Crippen molar-refractivity contribution in [1.82, 2.24) is 15.3 Å². The third kappa shape index (κ3) is 2.34. The van der Waals surface area contributed by atoms with Gasteiger partial charge in [0, 0.05) is 12.1 Å². The molecule has 1 aliphatic carbocycles. The standard InChI is InChI=1S/C20H18FN3O2/c1-13-16(8-5-9-17(13)21)20(19(25)23-26)10-14-12-22-24(18(14)11-20)15-6-3-2-4-7-15/h2-9,12,26H,10-11H2,1H3,(H,23,25). The van der Waals surface area contributed by atoms with Crippen LogP contribution in [0.5, 0.6) is 0 Å². The molecule has 1 amide bonds. The number of rotatable bonds is 3. The topological polar surface area (TPSA) is 67.2 Å². The molecule has 1 unspecified atom stereocenters. The summed E-state index contributed by atoms with van der Waals surface area (Å²) in [6.45, 7) is 1.66. The van der Waals surface area contributed by atoms with Crippen LogP contribution in [0.15, 0.2) is 54.7 Å². The first-order chi connectivity index (χ1) is 12.6. The molecular weight excluding hydrogens is 333 g/mol. The molecule has 0 bridgehead atoms. The largest absolute Gasteiger partial charge is 0.289 e. The van der Waals surface area contributed by atoms with E-state index in [9.17, 15) is 14.4 Å². The van der Waals surface area contributed by atoms with E-state index in [0.29, 0.717) is 24.0 Å². The molecule has 1 aliphatic rings. The summed E-state index contributed by atoms with van der Waals surface area (Å²) >= 11 is 0. The lowest BCUT2D eigenvalue weighted by atomic mass is 9.75. The van der Waals surface area contributed by atoms with Crippen LogP contribution in [0.1, 0.15) is 22.4 Å². The number of carbonyl (C=O) groups is 1. The zero-order valence-electron chi connectivity index (χ0n) is 14.2. The van der Waals surface area contributed by atoms with Gasteiger partial charge in [-0.2, -0.15) is 5.10 Å². The molecule has 1 atom stereocenters. The van der Waals surface area contributed by atoms with Crippen LogP contribution >= 0.6 is 0 Å². The van der Waals surface area contributed by atoms with E-state index in [1.165, 1.54) is 6.07 Å². The Balaban J connectivity index is 1.85. The number of carbonyl (C=O) groups excluding carboxylic acids is 1. The molecule has 0 saturated carbocycles. The van der Waals surface area contributed by atoms with Gasteiger partial charge in [-0.1, -0.05) is 30.3 Å². The number of nitrogens with zero attached hydrogens (tertiary/aromatic N) is 2. The van der Waals surface area contributed by atoms with E-state index < -0.39 is 11.3 Å². The lowest BCUT2D eigenvalue weighted by Crippen LogP contribution is -2.45. The van der Waals surface area contributed by atoms with Gasteiger partial charge >= 0.3 is 0 Å². The molecule has 0 fully saturated rings. The number of hydrogen-bond donors (Lipinski definition) is 2. The van der Waals surface area contributed by atoms with Crippen molar-refractivity contribution in [3.63, 3.8) is 0 Å². The normalized spacial score (nSPS) is 18.6. The van der Waals surface area contributed by atoms with E-state index >= 15 is 0 Å². The first kappa shape index (κ1) is 16.5. The fraction of sp³-hybridized carbons (Fsp3) is 0.200. The average molecular weight is 351 g/mol. The monoisotopic (exact) mass is 351 g/mol. The quantitative estimate of drug-likeness (QED) is 0.563. The Hall–Kier alpha value is -2.99. The number of benzene rings is 2. The number of fused-ring (bicyclic) bond motifs is 1. The van der Waals surface area contributed by atoms with Crippen LogP contribution in [0.3, 0.4) is 0 Å². The Morgan fingerprint density at radius 3 is 2.69 bits per heavy atom. The third-order valence-corrected chi connectivity index (χ3v) is 5.24. The molecule has 26 heavy (non-hydrogen) atoms. The highest BCUT2D eigenvalue weighted by atomic mass is 19.1. The summed E-state index contributed by atoms with van der Waals surface area (Å²) in [6, 6.07) is 14.4. The van der Waals surface area contributed by atoms with Crippen LogP contribution in [0.25, 0.3) is 5.69 Å². The summed E-state index contributed by atoms with van der Waals surface area (Å²) in [7, 11) is 0. The van der Waals surface area contributed by atoms with E-state index in [-0.39, 0.29) is 5.82 Å². The molecule has 4 rings (SSSR count). The maximum absolute atomic E-state index is 14.2. The second-order valence-electron chi connectivity index (χ2n) is 6.65. The SMILES string of the molecule is Cc1c(F)cccc1C1(C(=O)NO)Cc2cnn(-c3ccccc3)c2C1. The summed E-state index contributed by atoms with van der Waals surface area (Å²) in [5.41, 5.74) is 4.42. The maximum Gasteiger partial charge on any atom is 0.254 e. The number of halogens is 1. The third-order valence-electron chi connectivity index (χ3n) is 5.24. The molecule has 0 saturated heterocycles. The number of amides is 1. The predicted molar refractivity (Wildman–Crippen MR) is 93.7 cm³/mol. The second kappa shape index (κ2) is 6.07. The van der Waals surface area contributed by atoms with Gasteiger partial charge in [-0.15, -0.1) is 0 Å². The summed E-state index contributed by atoms with van der Waals surface area (Å²) in [4.78, 5) is 12.7. The van der Waals surface area contributed by atoms with Crippen molar-refractivity contribution >= 4 is 5.91 Å². The van der Waals surface area contributed by atoms with Crippen molar-refractivity contribution in [3.8, 4) is 5.69 Å². The van der Waals surface area contributed by atoms with Gasteiger partial charge in [-0.25, -0.2) is 14.6 Å². The molecule has 5 nitrogen and oxygen atoms in total. The van der Waals surface area contributed by atoms with Gasteiger partial charge < -0.3 is 0 Å². The van der Waals surface area contributed by atoms with Gasteiger partial charge in [0.05, 0.1) is 17.3 Å². The Morgan fingerprint density at radius 1 is 1.19 bits per heavy atom. The fourth-order valence-electron chi connectivity index (χ4n) is 3.92. The number of aromatic nitrogens is 2. The lowest BCUT2D eigenvalue weighted by Gasteiger charge is -2.29. The summed E-state index contributed by atoms with van der Waals surface area (Å²) in [5, 5.41) is 13.8. The maximum atomic E-state index is 14.2. The lowest BCUT2D eigenvalue weighted by molar-refractivity contribution is -0.135. The molecule has 3 aromatic rings. The summed E-state index contributed by atoms with van der Waals surface area (Å²) < 4.78 is 16.0. The number of hydroxylamine groups is 1. The molecule has 1 heterocycles. The van der Waals surface area contributed by atoms with Gasteiger partial charge in [0.15, 0.2) is 0 Å². The summed E-state index contributed by atoms with van der Waals surface area (Å²) in [6.07, 6.45) is 2.42. The molecule has 6 heteroatoms. The van der Waals surface area contributed by atoms with E-state index in [4.69, 9.17) is 0 Å². The van der Waals surface area contributed by atoms with Crippen LogP contribution in [-0.2, 0) is 23.1 Å². The molecule has 0 spiro atoms. The average Bonchev–Trinajstić information content (AvgIpc) is 3.22. The molecular formula is C20H18FN3O2. The Morgan fingerprint density at radius 2 is 1.96 bits per heavy atom. The molecule has 2 N–H and O–H groups in total. The number of hydrogen-bond acceptors (Lipinski definition) is 3. The minimum absolute atomic E-state index is 0.327. The molecule has 0 aliphatic heterocycles. The van der Waals surface area contributed by atoms with Crippen molar-refractivity contribution in [2.45, 2.75) is 25.2 Å². The predicted octanol–water partition coefficient (Wildman–Crippen LogP) is 2.86. The van der Waals surface area contributed by atoms with Gasteiger partial charge in [0.25, 0.3) is 5.91 Å². The van der Waals surface area contributed by atoms with Crippen LogP contribution in [0.4, 0.5) is 4.39 Å². The highest BCUT2D eigenvalue weighted by Gasteiger charge is 2.48. The van der Waals surface area contributed by atoms with Gasteiger partial charge in [0.1, 0.15) is 5.82 Å². The van der Waals surface area contributed by atoms with Gasteiger partial charge in [0.2, 0.25) is 0 Å². The second-order valence-corrected chi connectivity index (χ2v) is 6.65. The van der Waals surface area contributed by atoms with E-state index in [2.05, 4.69) is 5.10 Å². The number of para-hydroxylation sites is 1. The Kier molecular flexibility index (Phi) is 3.85. The van der Waals surface area contributed by atoms with E-state index in [0.717, 1.165) is 16.9 Å². The molecule has 132 valence electrons. The highest BCUT2D eigenvalue weighted by molar-refractivity contribution is 5.89. The Bertz CT molecular complexity index is 984. The van der Waals surface area contributed by atoms with Crippen LogP contribution in [0, 0.1) is 12.7 Å². The van der Waals surface area contributed by atoms with Crippen molar-refractivity contribution in [1.29, 1.82) is 0 Å². The van der Waals surface area contributed by atoms with Crippen molar-refractivity contribution < 1.29 is 14.4 Å². The molecule has 2 aromatic carbocycles. The van der Waals surface area contributed by atoms with Crippen LogP contribution in [0.2, 0.25) is 0 Å². The zero-order valence-corrected chi connectivity index (χ0v) is 14.2. The van der Waals surface area contributed by atoms with Gasteiger partial charge in [-0.3, -0.25) is 10.0 Å². The highest BCUT2D eigenvalue weighted by Crippen LogP contribution is 2.42. The van der Waals surface area contributed by atoms with Crippen molar-refractivity contribution in [2.75, 3.05) is 0 Å². The zero-order chi connectivity index (χ0) is 18.3. The van der Waals surface area contributed by atoms with E-state index in [1.807, 2.05) is 30.3 Å². The molecule has 1 aromatic heterocycles. The van der Waals surface area contributed by atoms with Crippen molar-refractivity contribution in [2.24, 2.45) is 0 Å². The minimum atomic E-state index is -1.06.